The summed E-state index contributed by atoms with van der Waals surface area (Å²) in [6, 6.07) is 0. The minimum absolute atomic E-state index is 0. The molecule has 2 fully saturated rings. The summed E-state index contributed by atoms with van der Waals surface area (Å²) in [6.45, 7) is 8.01. The summed E-state index contributed by atoms with van der Waals surface area (Å²) in [5.74, 6) is -0.0669. The third-order valence-electron chi connectivity index (χ3n) is 5.48. The molecular weight excluding hydrogens is 393 g/mol. The molecule has 2 aliphatic carbocycles. The Morgan fingerprint density at radius 2 is 1.13 bits per heavy atom. The molecule has 0 bridgehead atoms. The average Bonchev–Trinajstić information content (AvgIpc) is 2.38. The molecule has 2 aliphatic rings. The van der Waals surface area contributed by atoms with E-state index in [1.165, 1.54) is 12.8 Å². The largest absolute Gasteiger partial charge is 0.481 e. The monoisotopic (exact) mass is 426 g/mol. The quantitative estimate of drug-likeness (QED) is 0.637. The van der Waals surface area contributed by atoms with Crippen molar-refractivity contribution in [1.29, 1.82) is 0 Å². The summed E-state index contributed by atoms with van der Waals surface area (Å²) >= 11 is 0. The van der Waals surface area contributed by atoms with Crippen molar-refractivity contribution < 1.29 is 47.1 Å². The van der Waals surface area contributed by atoms with Gasteiger partial charge in [-0.2, -0.15) is 0 Å². The molecule has 0 saturated heterocycles. The van der Waals surface area contributed by atoms with Crippen molar-refractivity contribution in [2.45, 2.75) is 79.1 Å². The van der Waals surface area contributed by atoms with E-state index in [4.69, 9.17) is 10.2 Å². The van der Waals surface area contributed by atoms with Crippen LogP contribution in [0.2, 0.25) is 0 Å². The summed E-state index contributed by atoms with van der Waals surface area (Å²) in [7, 11) is 0. The topological polar surface area (TPSA) is 74.6 Å². The zero-order valence-corrected chi connectivity index (χ0v) is 19.3. The molecule has 2 N–H and O–H groups in total. The molecular formula is C18H32CdO4. The number of carbonyl (C=O) groups is 2. The fourth-order valence-corrected chi connectivity index (χ4v) is 4.02. The van der Waals surface area contributed by atoms with Gasteiger partial charge in [0.05, 0.1) is 10.8 Å². The van der Waals surface area contributed by atoms with Crippen molar-refractivity contribution >= 4 is 11.9 Å². The van der Waals surface area contributed by atoms with E-state index in [9.17, 15) is 9.59 Å². The Bertz CT molecular complexity index is 374. The Hall–Kier alpha value is -0.138. The summed E-state index contributed by atoms with van der Waals surface area (Å²) in [4.78, 5) is 21.6. The Kier molecular flexibility index (Phi) is 9.32. The molecule has 0 aliphatic heterocycles. The van der Waals surface area contributed by atoms with Gasteiger partial charge in [-0.15, -0.1) is 0 Å². The summed E-state index contributed by atoms with van der Waals surface area (Å²) in [5.41, 5.74) is -0.866. The number of aliphatic carboxylic acids is 2. The molecule has 0 aromatic rings. The van der Waals surface area contributed by atoms with Crippen LogP contribution in [-0.2, 0) is 36.9 Å². The number of hydrogen-bond donors (Lipinski definition) is 2. The van der Waals surface area contributed by atoms with Crippen LogP contribution in [0.1, 0.15) is 79.1 Å². The van der Waals surface area contributed by atoms with Gasteiger partial charge in [0, 0.05) is 27.3 Å². The van der Waals surface area contributed by atoms with Crippen molar-refractivity contribution in [2.75, 3.05) is 0 Å². The molecule has 0 amide bonds. The van der Waals surface area contributed by atoms with Crippen molar-refractivity contribution in [3.63, 3.8) is 0 Å². The van der Waals surface area contributed by atoms with Gasteiger partial charge in [0.2, 0.25) is 0 Å². The second kappa shape index (κ2) is 9.37. The second-order valence-corrected chi connectivity index (χ2v) is 8.13. The predicted octanol–water partition coefficient (Wildman–Crippen LogP) is 4.57. The van der Waals surface area contributed by atoms with Gasteiger partial charge in [-0.05, 0) is 51.4 Å². The molecule has 0 aromatic carbocycles. The third-order valence-corrected chi connectivity index (χ3v) is 5.48. The van der Waals surface area contributed by atoms with Crippen molar-refractivity contribution in [3.8, 4) is 0 Å². The first-order valence-electron chi connectivity index (χ1n) is 8.56. The average molecular weight is 425 g/mol. The van der Waals surface area contributed by atoms with Crippen LogP contribution in [-0.4, -0.2) is 22.2 Å². The van der Waals surface area contributed by atoms with E-state index in [1.807, 2.05) is 13.8 Å². The minimum atomic E-state index is -0.621. The van der Waals surface area contributed by atoms with Gasteiger partial charge in [-0.25, -0.2) is 0 Å². The summed E-state index contributed by atoms with van der Waals surface area (Å²) in [5, 5.41) is 17.8. The van der Waals surface area contributed by atoms with Gasteiger partial charge in [0.15, 0.2) is 0 Å². The fourth-order valence-electron chi connectivity index (χ4n) is 4.02. The van der Waals surface area contributed by atoms with Crippen molar-refractivity contribution in [2.24, 2.45) is 22.7 Å². The molecule has 23 heavy (non-hydrogen) atoms. The van der Waals surface area contributed by atoms with Crippen molar-refractivity contribution in [1.82, 2.24) is 0 Å². The van der Waals surface area contributed by atoms with Crippen LogP contribution < -0.4 is 0 Å². The normalized spacial score (nSPS) is 36.9. The van der Waals surface area contributed by atoms with E-state index < -0.39 is 22.8 Å². The van der Waals surface area contributed by atoms with Gasteiger partial charge in [-0.1, -0.05) is 39.5 Å². The molecule has 2 saturated carbocycles. The molecule has 5 heteroatoms. The van der Waals surface area contributed by atoms with Crippen LogP contribution >= 0.6 is 0 Å². The maximum atomic E-state index is 10.8. The van der Waals surface area contributed by atoms with Crippen molar-refractivity contribution in [3.05, 3.63) is 0 Å². The van der Waals surface area contributed by atoms with Crippen LogP contribution in [0.25, 0.3) is 0 Å². The van der Waals surface area contributed by atoms with E-state index >= 15 is 0 Å². The first-order valence-corrected chi connectivity index (χ1v) is 8.56. The van der Waals surface area contributed by atoms with E-state index in [2.05, 4.69) is 13.8 Å². The van der Waals surface area contributed by atoms with E-state index in [1.54, 1.807) is 0 Å². The van der Waals surface area contributed by atoms with Gasteiger partial charge >= 0.3 is 11.9 Å². The Morgan fingerprint density at radius 3 is 1.30 bits per heavy atom. The molecule has 0 aromatic heterocycles. The van der Waals surface area contributed by atoms with E-state index in [-0.39, 0.29) is 27.3 Å². The van der Waals surface area contributed by atoms with E-state index in [0.29, 0.717) is 11.8 Å². The number of hydrogen-bond acceptors (Lipinski definition) is 2. The molecule has 0 spiro atoms. The number of rotatable bonds is 2. The first kappa shape index (κ1) is 22.9. The maximum absolute atomic E-state index is 10.8. The third kappa shape index (κ3) is 6.71. The first-order chi connectivity index (χ1) is 10.1. The molecule has 130 valence electrons. The maximum Gasteiger partial charge on any atom is 0.309 e. The van der Waals surface area contributed by atoms with Crippen LogP contribution in [0.5, 0.6) is 0 Å². The van der Waals surface area contributed by atoms with Gasteiger partial charge in [0.25, 0.3) is 0 Å². The Balaban J connectivity index is 0.000000403. The summed E-state index contributed by atoms with van der Waals surface area (Å²) in [6.07, 6.45) is 7.95. The number of carboxylic acids is 2. The van der Waals surface area contributed by atoms with E-state index in [0.717, 1.165) is 38.5 Å². The van der Waals surface area contributed by atoms with Gasteiger partial charge in [0.1, 0.15) is 0 Å². The van der Waals surface area contributed by atoms with Crippen LogP contribution in [0, 0.1) is 22.7 Å². The SMILES string of the molecule is CC1CCCC(C)(C(=O)O)C1.CC1CCCC(C)(C(=O)O)C1.[Cd]. The molecule has 4 nitrogen and oxygen atoms in total. The van der Waals surface area contributed by atoms with Gasteiger partial charge < -0.3 is 10.2 Å². The Labute approximate surface area is 160 Å². The standard InChI is InChI=1S/2C9H16O2.Cd/c2*1-7-4-3-5-9(2,6-7)8(10)11;/h2*7H,3-6H2,1-2H3,(H,10,11);. The fraction of sp³-hybridized carbons (Fsp3) is 0.889. The summed E-state index contributed by atoms with van der Waals surface area (Å²) < 4.78 is 0. The van der Waals surface area contributed by atoms with Crippen LogP contribution in [0.3, 0.4) is 0 Å². The number of carboxylic acid groups (broad SMARTS) is 2. The molecule has 4 unspecified atom stereocenters. The molecule has 2 rings (SSSR count). The Morgan fingerprint density at radius 1 is 0.826 bits per heavy atom. The van der Waals surface area contributed by atoms with Crippen LogP contribution in [0.15, 0.2) is 0 Å². The van der Waals surface area contributed by atoms with Crippen LogP contribution in [0.4, 0.5) is 0 Å². The minimum Gasteiger partial charge on any atom is -0.481 e. The smallest absolute Gasteiger partial charge is 0.309 e. The predicted molar refractivity (Wildman–Crippen MR) is 86.7 cm³/mol. The molecule has 4 atom stereocenters. The van der Waals surface area contributed by atoms with Gasteiger partial charge in [-0.3, -0.25) is 9.59 Å². The zero-order chi connectivity index (χ0) is 17.0. The zero-order valence-electron chi connectivity index (χ0n) is 15.2. The molecule has 0 radical (unpaired) electrons. The second-order valence-electron chi connectivity index (χ2n) is 8.13. The molecule has 0 heterocycles.